The molecule has 0 bridgehead atoms. The van der Waals surface area contributed by atoms with Crippen molar-refractivity contribution in [2.24, 2.45) is 4.99 Å². The maximum Gasteiger partial charge on any atom is 0.338 e. The molecule has 1 atom stereocenters. The van der Waals surface area contributed by atoms with E-state index in [-0.39, 0.29) is 12.2 Å². The Bertz CT molecular complexity index is 1560. The van der Waals surface area contributed by atoms with Gasteiger partial charge >= 0.3 is 5.97 Å². The first-order valence-corrected chi connectivity index (χ1v) is 14.0. The number of nitrogens with zero attached hydrogens (tertiary/aromatic N) is 2. The minimum atomic E-state index is -0.802. The zero-order chi connectivity index (χ0) is 26.7. The van der Waals surface area contributed by atoms with E-state index in [1.165, 1.54) is 11.3 Å². The number of carbonyl (C=O) groups excluding carboxylic acids is 1. The first kappa shape index (κ1) is 27.4. The third kappa shape index (κ3) is 5.49. The highest BCUT2D eigenvalue weighted by Gasteiger charge is 2.36. The Morgan fingerprint density at radius 3 is 2.54 bits per heavy atom. The Kier molecular flexibility index (Phi) is 8.76. The Morgan fingerprint density at radius 2 is 1.89 bits per heavy atom. The fraction of sp³-hybridized carbons (Fsp3) is 0.296. The molecule has 194 valence electrons. The molecule has 4 rings (SSSR count). The predicted octanol–water partition coefficient (Wildman–Crippen LogP) is 4.85. The zero-order valence-corrected chi connectivity index (χ0v) is 24.6. The highest BCUT2D eigenvalue weighted by Crippen LogP contribution is 2.38. The van der Waals surface area contributed by atoms with E-state index >= 15 is 0 Å². The number of halogens is 2. The van der Waals surface area contributed by atoms with Crippen LogP contribution in [-0.2, 0) is 9.53 Å². The Hall–Kier alpha value is -2.63. The lowest BCUT2D eigenvalue weighted by molar-refractivity contribution is -0.139. The molecule has 0 aliphatic carbocycles. The van der Waals surface area contributed by atoms with Gasteiger partial charge in [-0.05, 0) is 77.9 Å². The van der Waals surface area contributed by atoms with Crippen molar-refractivity contribution in [3.8, 4) is 11.5 Å². The Morgan fingerprint density at radius 1 is 1.16 bits per heavy atom. The second-order valence-electron chi connectivity index (χ2n) is 8.19. The zero-order valence-electron chi connectivity index (χ0n) is 20.8. The number of hydrogen-bond donors (Lipinski definition) is 0. The molecule has 7 nitrogen and oxygen atoms in total. The van der Waals surface area contributed by atoms with Crippen LogP contribution in [0.2, 0.25) is 5.02 Å². The number of benzene rings is 2. The molecule has 1 aromatic heterocycles. The molecule has 0 radical (unpaired) electrons. The molecule has 37 heavy (non-hydrogen) atoms. The lowest BCUT2D eigenvalue weighted by Gasteiger charge is -2.27. The van der Waals surface area contributed by atoms with Crippen molar-refractivity contribution < 1.29 is 19.0 Å². The van der Waals surface area contributed by atoms with Crippen LogP contribution in [0.4, 0.5) is 0 Å². The van der Waals surface area contributed by atoms with Gasteiger partial charge in [-0.1, -0.05) is 42.3 Å². The molecule has 3 aromatic rings. The van der Waals surface area contributed by atoms with Crippen LogP contribution in [0.15, 0.2) is 57.5 Å². The lowest BCUT2D eigenvalue weighted by atomic mass is 9.93. The molecule has 2 aromatic carbocycles. The summed E-state index contributed by atoms with van der Waals surface area (Å²) < 4.78 is 19.4. The van der Waals surface area contributed by atoms with Crippen LogP contribution in [0.3, 0.4) is 0 Å². The van der Waals surface area contributed by atoms with Crippen molar-refractivity contribution in [3.63, 3.8) is 0 Å². The van der Waals surface area contributed by atoms with E-state index in [4.69, 9.17) is 30.8 Å². The summed E-state index contributed by atoms with van der Waals surface area (Å²) in [5.41, 5.74) is 2.10. The number of thiazole rings is 1. The van der Waals surface area contributed by atoms with Gasteiger partial charge in [0, 0.05) is 10.6 Å². The van der Waals surface area contributed by atoms with Crippen molar-refractivity contribution >= 4 is 57.6 Å². The minimum Gasteiger partial charge on any atom is -0.496 e. The van der Waals surface area contributed by atoms with E-state index in [0.29, 0.717) is 43.4 Å². The molecule has 0 saturated carbocycles. The predicted molar refractivity (Wildman–Crippen MR) is 153 cm³/mol. The average molecular weight is 653 g/mol. The molecule has 1 aliphatic heterocycles. The third-order valence-corrected chi connectivity index (χ3v) is 7.91. The summed E-state index contributed by atoms with van der Waals surface area (Å²) in [5.74, 6) is 0.754. The number of allylic oxidation sites excluding steroid dienone is 1. The summed E-state index contributed by atoms with van der Waals surface area (Å²) in [7, 11) is 3.16. The van der Waals surface area contributed by atoms with Crippen LogP contribution in [0.5, 0.6) is 11.5 Å². The quantitative estimate of drug-likeness (QED) is 0.257. The van der Waals surface area contributed by atoms with Crippen molar-refractivity contribution in [1.82, 2.24) is 4.57 Å². The monoisotopic (exact) mass is 652 g/mol. The van der Waals surface area contributed by atoms with Crippen LogP contribution >= 0.6 is 45.5 Å². The van der Waals surface area contributed by atoms with Crippen molar-refractivity contribution in [3.05, 3.63) is 87.1 Å². The van der Waals surface area contributed by atoms with E-state index in [0.717, 1.165) is 21.3 Å². The molecule has 1 aliphatic rings. The van der Waals surface area contributed by atoms with Crippen LogP contribution in [0.1, 0.15) is 43.9 Å². The number of rotatable bonds is 8. The first-order chi connectivity index (χ1) is 17.8. The topological polar surface area (TPSA) is 79.1 Å². The molecule has 0 saturated heterocycles. The molecule has 0 fully saturated rings. The summed E-state index contributed by atoms with van der Waals surface area (Å²) in [6, 6.07) is 10.1. The second kappa shape index (κ2) is 11.8. The summed E-state index contributed by atoms with van der Waals surface area (Å²) in [5, 5.41) is 0.461. The molecule has 2 heterocycles. The van der Waals surface area contributed by atoms with Gasteiger partial charge in [0.15, 0.2) is 4.80 Å². The lowest BCUT2D eigenvalue weighted by Crippen LogP contribution is -2.40. The number of fused-ring (bicyclic) bond motifs is 1. The van der Waals surface area contributed by atoms with E-state index in [1.807, 2.05) is 31.2 Å². The summed E-state index contributed by atoms with van der Waals surface area (Å²) in [6.07, 6.45) is 3.14. The fourth-order valence-electron chi connectivity index (χ4n) is 4.26. The summed E-state index contributed by atoms with van der Waals surface area (Å²) in [6.45, 7) is 3.96. The molecule has 0 unspecified atom stereocenters. The van der Waals surface area contributed by atoms with Crippen molar-refractivity contribution in [1.29, 1.82) is 0 Å². The summed E-state index contributed by atoms with van der Waals surface area (Å²) in [4.78, 5) is 32.5. The van der Waals surface area contributed by atoms with Crippen LogP contribution in [0.25, 0.3) is 6.08 Å². The number of esters is 1. The fourth-order valence-corrected chi connectivity index (χ4v) is 6.22. The molecular weight excluding hydrogens is 627 g/mol. The Balaban J connectivity index is 2.03. The van der Waals surface area contributed by atoms with Gasteiger partial charge in [0.05, 0.1) is 40.2 Å². The van der Waals surface area contributed by atoms with E-state index < -0.39 is 12.0 Å². The van der Waals surface area contributed by atoms with Gasteiger partial charge in [0.25, 0.3) is 5.56 Å². The van der Waals surface area contributed by atoms with E-state index in [2.05, 4.69) is 22.6 Å². The second-order valence-corrected chi connectivity index (χ2v) is 10.8. The normalized spacial score (nSPS) is 15.3. The standard InChI is InChI=1S/C27H26ClIN2O5S/c1-5-7-19-23(26(33)36-6-2)24(17-14-16(28)9-11-20(17)34-3)31-25(32)22(37-27(31)30-19)13-15-8-10-21(35-4)18(29)12-15/h8-14,24H,5-7H2,1-4H3/b22-13+/t24-/m0/s1. The van der Waals surface area contributed by atoms with Crippen LogP contribution in [-0.4, -0.2) is 31.4 Å². The Labute approximate surface area is 237 Å². The van der Waals surface area contributed by atoms with E-state index in [9.17, 15) is 9.59 Å². The largest absolute Gasteiger partial charge is 0.496 e. The van der Waals surface area contributed by atoms with Crippen LogP contribution in [0, 0.1) is 3.57 Å². The van der Waals surface area contributed by atoms with Gasteiger partial charge in [-0.25, -0.2) is 9.79 Å². The molecule has 0 amide bonds. The minimum absolute atomic E-state index is 0.196. The molecule has 0 spiro atoms. The van der Waals surface area contributed by atoms with Gasteiger partial charge < -0.3 is 14.2 Å². The summed E-state index contributed by atoms with van der Waals surface area (Å²) >= 11 is 9.86. The average Bonchev–Trinajstić information content (AvgIpc) is 3.18. The van der Waals surface area contributed by atoms with Gasteiger partial charge in [0.2, 0.25) is 0 Å². The first-order valence-electron chi connectivity index (χ1n) is 11.7. The van der Waals surface area contributed by atoms with Gasteiger partial charge in [0.1, 0.15) is 17.5 Å². The number of carbonyl (C=O) groups is 1. The maximum atomic E-state index is 13.9. The highest BCUT2D eigenvalue weighted by atomic mass is 127. The highest BCUT2D eigenvalue weighted by molar-refractivity contribution is 14.1. The SMILES string of the molecule is CCCC1=C(C(=O)OCC)[C@H](c2cc(Cl)ccc2OC)n2c(s/c(=C/c3ccc(OC)c(I)c3)c2=O)=N1. The maximum absolute atomic E-state index is 13.9. The van der Waals surface area contributed by atoms with Gasteiger partial charge in [-0.3, -0.25) is 9.36 Å². The van der Waals surface area contributed by atoms with Gasteiger partial charge in [-0.2, -0.15) is 0 Å². The molecular formula is C27H26ClIN2O5S. The molecule has 0 N–H and O–H groups in total. The number of aromatic nitrogens is 1. The number of hydrogen-bond acceptors (Lipinski definition) is 7. The van der Waals surface area contributed by atoms with Crippen molar-refractivity contribution in [2.75, 3.05) is 20.8 Å². The molecule has 10 heteroatoms. The van der Waals surface area contributed by atoms with Gasteiger partial charge in [-0.15, -0.1) is 0 Å². The number of methoxy groups -OCH3 is 2. The smallest absolute Gasteiger partial charge is 0.338 e. The van der Waals surface area contributed by atoms with Crippen molar-refractivity contribution in [2.45, 2.75) is 32.7 Å². The van der Waals surface area contributed by atoms with E-state index in [1.54, 1.807) is 43.9 Å². The van der Waals surface area contributed by atoms with Crippen LogP contribution < -0.4 is 24.4 Å². The number of ether oxygens (including phenoxy) is 3. The third-order valence-electron chi connectivity index (χ3n) is 5.85.